The van der Waals surface area contributed by atoms with E-state index in [0.717, 1.165) is 38.4 Å². The highest BCUT2D eigenvalue weighted by Gasteiger charge is 2.13. The van der Waals surface area contributed by atoms with Gasteiger partial charge >= 0.3 is 0 Å². The molecule has 22 heavy (non-hydrogen) atoms. The first-order valence-electron chi connectivity index (χ1n) is 8.43. The van der Waals surface area contributed by atoms with Crippen LogP contribution in [0.3, 0.4) is 0 Å². The molecule has 2 N–H and O–H groups in total. The van der Waals surface area contributed by atoms with E-state index in [9.17, 15) is 0 Å². The Bertz CT molecular complexity index is 288. The highest BCUT2D eigenvalue weighted by molar-refractivity contribution is 5.79. The molecule has 5 nitrogen and oxygen atoms in total. The Labute approximate surface area is 137 Å². The van der Waals surface area contributed by atoms with Crippen LogP contribution in [0.4, 0.5) is 0 Å². The molecule has 0 radical (unpaired) electrons. The topological polar surface area (TPSA) is 54.9 Å². The van der Waals surface area contributed by atoms with Gasteiger partial charge in [0, 0.05) is 33.4 Å². The van der Waals surface area contributed by atoms with E-state index >= 15 is 0 Å². The van der Waals surface area contributed by atoms with Gasteiger partial charge in [-0.25, -0.2) is 0 Å². The molecule has 0 aromatic heterocycles. The van der Waals surface area contributed by atoms with Gasteiger partial charge in [0.15, 0.2) is 5.96 Å². The van der Waals surface area contributed by atoms with Crippen LogP contribution in [0.5, 0.6) is 0 Å². The van der Waals surface area contributed by atoms with E-state index in [2.05, 4.69) is 43.3 Å². The van der Waals surface area contributed by atoms with Crippen LogP contribution in [0, 0.1) is 5.41 Å². The molecule has 0 saturated heterocycles. The van der Waals surface area contributed by atoms with Crippen LogP contribution in [0.15, 0.2) is 4.99 Å². The van der Waals surface area contributed by atoms with Gasteiger partial charge in [-0.3, -0.25) is 4.99 Å². The zero-order valence-corrected chi connectivity index (χ0v) is 15.5. The molecule has 1 atom stereocenters. The lowest BCUT2D eigenvalue weighted by Crippen LogP contribution is -2.42. The molecule has 132 valence electrons. The first kappa shape index (κ1) is 21.2. The van der Waals surface area contributed by atoms with Gasteiger partial charge < -0.3 is 20.1 Å². The van der Waals surface area contributed by atoms with E-state index in [1.54, 1.807) is 7.11 Å². The lowest BCUT2D eigenvalue weighted by atomic mass is 9.89. The van der Waals surface area contributed by atoms with E-state index in [1.807, 2.05) is 7.05 Å². The largest absolute Gasteiger partial charge is 0.382 e. The van der Waals surface area contributed by atoms with E-state index in [1.165, 1.54) is 6.42 Å². The van der Waals surface area contributed by atoms with Gasteiger partial charge in [-0.15, -0.1) is 0 Å². The molecule has 0 amide bonds. The molecule has 0 aliphatic carbocycles. The van der Waals surface area contributed by atoms with Crippen molar-refractivity contribution in [1.82, 2.24) is 10.6 Å². The molecule has 0 saturated carbocycles. The van der Waals surface area contributed by atoms with Gasteiger partial charge in [-0.05, 0) is 38.0 Å². The number of rotatable bonds is 11. The van der Waals surface area contributed by atoms with Crippen LogP contribution in [-0.4, -0.2) is 52.5 Å². The summed E-state index contributed by atoms with van der Waals surface area (Å²) in [5.41, 5.74) is 0.385. The monoisotopic (exact) mass is 315 g/mol. The summed E-state index contributed by atoms with van der Waals surface area (Å²) in [5.74, 6) is 0.890. The van der Waals surface area contributed by atoms with Crippen LogP contribution in [0.2, 0.25) is 0 Å². The first-order chi connectivity index (χ1) is 10.4. The maximum atomic E-state index is 5.44. The number of hydrogen-bond acceptors (Lipinski definition) is 3. The van der Waals surface area contributed by atoms with E-state index in [-0.39, 0.29) is 0 Å². The zero-order valence-electron chi connectivity index (χ0n) is 15.5. The lowest BCUT2D eigenvalue weighted by Gasteiger charge is -2.23. The number of unbranched alkanes of at least 4 members (excludes halogenated alkanes) is 1. The van der Waals surface area contributed by atoms with Crippen molar-refractivity contribution in [3.8, 4) is 0 Å². The fourth-order valence-electron chi connectivity index (χ4n) is 1.93. The third-order valence-electron chi connectivity index (χ3n) is 3.37. The Balaban J connectivity index is 3.67. The summed E-state index contributed by atoms with van der Waals surface area (Å²) in [4.78, 5) is 4.28. The zero-order chi connectivity index (χ0) is 16.8. The van der Waals surface area contributed by atoms with E-state index in [4.69, 9.17) is 9.47 Å². The molecule has 0 aliphatic heterocycles. The van der Waals surface area contributed by atoms with Crippen molar-refractivity contribution in [2.45, 2.75) is 59.4 Å². The number of guanidine groups is 1. The van der Waals surface area contributed by atoms with E-state index in [0.29, 0.717) is 24.7 Å². The fraction of sp³-hybridized carbons (Fsp3) is 0.941. The third kappa shape index (κ3) is 14.1. The minimum Gasteiger partial charge on any atom is -0.382 e. The summed E-state index contributed by atoms with van der Waals surface area (Å²) < 4.78 is 10.4. The molecule has 0 bridgehead atoms. The molecule has 1 unspecified atom stereocenters. The second-order valence-electron chi connectivity index (χ2n) is 6.96. The molecule has 5 heteroatoms. The second-order valence-corrected chi connectivity index (χ2v) is 6.96. The second kappa shape index (κ2) is 12.7. The third-order valence-corrected chi connectivity index (χ3v) is 3.37. The SMILES string of the molecule is CN=C(NCCCCOCCOC)NC(C)CCC(C)(C)C. The molecule has 0 rings (SSSR count). The molecule has 0 fully saturated rings. The minimum atomic E-state index is 0.385. The summed E-state index contributed by atoms with van der Waals surface area (Å²) in [7, 11) is 3.51. The Kier molecular flexibility index (Phi) is 12.2. The quantitative estimate of drug-likeness (QED) is 0.350. The van der Waals surface area contributed by atoms with Gasteiger partial charge in [0.25, 0.3) is 0 Å². The number of nitrogens with zero attached hydrogens (tertiary/aromatic N) is 1. The van der Waals surface area contributed by atoms with Crippen LogP contribution >= 0.6 is 0 Å². The standard InChI is InChI=1S/C17H37N3O2/c1-15(9-10-17(2,3)4)20-16(18-5)19-11-7-8-12-22-14-13-21-6/h15H,7-14H2,1-6H3,(H2,18,19,20). The van der Waals surface area contributed by atoms with Gasteiger partial charge in [0.2, 0.25) is 0 Å². The summed E-state index contributed by atoms with van der Waals surface area (Å²) in [5, 5.41) is 6.81. The van der Waals surface area contributed by atoms with Crippen LogP contribution in [0.1, 0.15) is 53.4 Å². The molecule has 0 heterocycles. The fourth-order valence-corrected chi connectivity index (χ4v) is 1.93. The molecular weight excluding hydrogens is 278 g/mol. The summed E-state index contributed by atoms with van der Waals surface area (Å²) in [6.07, 6.45) is 4.48. The summed E-state index contributed by atoms with van der Waals surface area (Å²) in [6.45, 7) is 12.1. The highest BCUT2D eigenvalue weighted by Crippen LogP contribution is 2.21. The Morgan fingerprint density at radius 3 is 2.45 bits per heavy atom. The van der Waals surface area contributed by atoms with Crippen LogP contribution < -0.4 is 10.6 Å². The van der Waals surface area contributed by atoms with Crippen molar-refractivity contribution < 1.29 is 9.47 Å². The maximum absolute atomic E-state index is 5.44. The van der Waals surface area contributed by atoms with Crippen molar-refractivity contribution in [3.63, 3.8) is 0 Å². The van der Waals surface area contributed by atoms with Gasteiger partial charge in [0.05, 0.1) is 13.2 Å². The molecule has 0 aromatic rings. The average Bonchev–Trinajstić information content (AvgIpc) is 2.46. The smallest absolute Gasteiger partial charge is 0.191 e. The first-order valence-corrected chi connectivity index (χ1v) is 8.43. The lowest BCUT2D eigenvalue weighted by molar-refractivity contribution is 0.0689. The number of aliphatic imine (C=N–C) groups is 1. The number of ether oxygens (including phenoxy) is 2. The molecule has 0 aliphatic rings. The summed E-state index contributed by atoms with van der Waals surface area (Å²) >= 11 is 0. The van der Waals surface area contributed by atoms with Crippen molar-refractivity contribution in [3.05, 3.63) is 0 Å². The van der Waals surface area contributed by atoms with Crippen molar-refractivity contribution >= 4 is 5.96 Å². The van der Waals surface area contributed by atoms with Crippen molar-refractivity contribution in [2.75, 3.05) is 40.5 Å². The molecular formula is C17H37N3O2. The summed E-state index contributed by atoms with van der Waals surface area (Å²) in [6, 6.07) is 0.433. The van der Waals surface area contributed by atoms with Gasteiger partial charge in [-0.1, -0.05) is 20.8 Å². The van der Waals surface area contributed by atoms with Gasteiger partial charge in [0.1, 0.15) is 0 Å². The number of hydrogen-bond donors (Lipinski definition) is 2. The molecule has 0 spiro atoms. The average molecular weight is 316 g/mol. The Morgan fingerprint density at radius 1 is 1.14 bits per heavy atom. The van der Waals surface area contributed by atoms with Crippen LogP contribution in [0.25, 0.3) is 0 Å². The molecule has 0 aromatic carbocycles. The van der Waals surface area contributed by atoms with Crippen molar-refractivity contribution in [1.29, 1.82) is 0 Å². The number of nitrogens with one attached hydrogen (secondary N) is 2. The highest BCUT2D eigenvalue weighted by atomic mass is 16.5. The van der Waals surface area contributed by atoms with Crippen molar-refractivity contribution in [2.24, 2.45) is 10.4 Å². The number of methoxy groups -OCH3 is 1. The minimum absolute atomic E-state index is 0.385. The maximum Gasteiger partial charge on any atom is 0.191 e. The van der Waals surface area contributed by atoms with E-state index < -0.39 is 0 Å². The predicted molar refractivity (Wildman–Crippen MR) is 94.6 cm³/mol. The normalized spacial score (nSPS) is 14.0. The predicted octanol–water partition coefficient (Wildman–Crippen LogP) is 2.81. The van der Waals surface area contributed by atoms with Crippen LogP contribution in [-0.2, 0) is 9.47 Å². The Hall–Kier alpha value is -0.810. The Morgan fingerprint density at radius 2 is 1.86 bits per heavy atom. The van der Waals surface area contributed by atoms with Gasteiger partial charge in [-0.2, -0.15) is 0 Å².